The number of alkyl halides is 3. The first-order valence-electron chi connectivity index (χ1n) is 10.3. The summed E-state index contributed by atoms with van der Waals surface area (Å²) in [6.45, 7) is 4.05. The minimum Gasteiger partial charge on any atom is -0.470 e. The van der Waals surface area contributed by atoms with Crippen LogP contribution in [0.2, 0.25) is 0 Å². The van der Waals surface area contributed by atoms with Gasteiger partial charge in [-0.15, -0.1) is 0 Å². The third-order valence-corrected chi connectivity index (χ3v) is 5.66. The number of nitrogens with zero attached hydrogens (tertiary/aromatic N) is 5. The van der Waals surface area contributed by atoms with Crippen LogP contribution in [0.1, 0.15) is 41.3 Å². The normalized spacial score (nSPS) is 18.9. The van der Waals surface area contributed by atoms with Crippen LogP contribution < -0.4 is 4.74 Å². The molecule has 2 unspecified atom stereocenters. The Balaban J connectivity index is 1.57. The zero-order valence-electron chi connectivity index (χ0n) is 17.9. The highest BCUT2D eigenvalue weighted by atomic mass is 19.4. The molecule has 11 heteroatoms. The van der Waals surface area contributed by atoms with Crippen molar-refractivity contribution >= 4 is 5.91 Å². The number of rotatable bonds is 4. The molecule has 0 aliphatic carbocycles. The summed E-state index contributed by atoms with van der Waals surface area (Å²) in [5.74, 6) is -2.00. The lowest BCUT2D eigenvalue weighted by Gasteiger charge is -2.39. The van der Waals surface area contributed by atoms with Gasteiger partial charge < -0.3 is 9.64 Å². The van der Waals surface area contributed by atoms with Crippen LogP contribution in [-0.4, -0.2) is 49.5 Å². The Kier molecular flexibility index (Phi) is 6.05. The molecule has 3 aromatic rings. The van der Waals surface area contributed by atoms with Gasteiger partial charge in [0.15, 0.2) is 5.82 Å². The van der Waals surface area contributed by atoms with E-state index in [0.717, 1.165) is 5.56 Å². The number of aromatic nitrogens is 4. The van der Waals surface area contributed by atoms with Gasteiger partial charge in [-0.2, -0.15) is 28.2 Å². The fourth-order valence-corrected chi connectivity index (χ4v) is 3.95. The lowest BCUT2D eigenvalue weighted by atomic mass is 9.98. The maximum atomic E-state index is 14.3. The molecule has 0 bridgehead atoms. The number of halogens is 4. The molecule has 2 aromatic heterocycles. The first-order valence-corrected chi connectivity index (χ1v) is 10.3. The van der Waals surface area contributed by atoms with E-state index in [9.17, 15) is 22.4 Å². The van der Waals surface area contributed by atoms with Gasteiger partial charge in [-0.25, -0.2) is 9.37 Å². The highest BCUT2D eigenvalue weighted by molar-refractivity contribution is 5.98. The van der Waals surface area contributed by atoms with Crippen molar-refractivity contribution in [1.29, 1.82) is 0 Å². The van der Waals surface area contributed by atoms with Gasteiger partial charge in [0.2, 0.25) is 0 Å². The van der Waals surface area contributed by atoms with Crippen LogP contribution in [0.25, 0.3) is 5.69 Å². The van der Waals surface area contributed by atoms with Gasteiger partial charge in [0.1, 0.15) is 11.8 Å². The van der Waals surface area contributed by atoms with Gasteiger partial charge in [-0.3, -0.25) is 4.79 Å². The second-order valence-corrected chi connectivity index (χ2v) is 7.84. The molecule has 1 aliphatic heterocycles. The summed E-state index contributed by atoms with van der Waals surface area (Å²) >= 11 is 0. The molecule has 0 radical (unpaired) electrons. The lowest BCUT2D eigenvalue weighted by molar-refractivity contribution is -0.138. The molecule has 4 rings (SSSR count). The average Bonchev–Trinajstić information content (AvgIpc) is 3.29. The van der Waals surface area contributed by atoms with E-state index in [1.54, 1.807) is 24.0 Å². The third-order valence-electron chi connectivity index (χ3n) is 5.66. The molecular weight excluding hydrogens is 442 g/mol. The Morgan fingerprint density at radius 3 is 2.61 bits per heavy atom. The summed E-state index contributed by atoms with van der Waals surface area (Å²) in [4.78, 5) is 20.0. The van der Waals surface area contributed by atoms with Gasteiger partial charge >= 0.3 is 6.18 Å². The van der Waals surface area contributed by atoms with Crippen molar-refractivity contribution in [1.82, 2.24) is 24.9 Å². The molecule has 2 atom stereocenters. The van der Waals surface area contributed by atoms with Crippen LogP contribution in [0.3, 0.4) is 0 Å². The Bertz CT molecular complexity index is 1150. The number of piperidine rings is 1. The van der Waals surface area contributed by atoms with Crippen molar-refractivity contribution in [2.75, 3.05) is 6.54 Å². The minimum atomic E-state index is -4.71. The van der Waals surface area contributed by atoms with Gasteiger partial charge in [0.25, 0.3) is 11.8 Å². The van der Waals surface area contributed by atoms with E-state index in [1.165, 1.54) is 17.2 Å². The first-order chi connectivity index (χ1) is 15.7. The van der Waals surface area contributed by atoms with E-state index in [1.807, 2.05) is 13.0 Å². The second kappa shape index (κ2) is 8.80. The number of hydrogen-bond donors (Lipinski definition) is 0. The molecule has 1 aliphatic rings. The van der Waals surface area contributed by atoms with Crippen LogP contribution in [-0.2, 0) is 6.18 Å². The zero-order chi connectivity index (χ0) is 23.8. The van der Waals surface area contributed by atoms with Crippen LogP contribution >= 0.6 is 0 Å². The predicted molar refractivity (Wildman–Crippen MR) is 109 cm³/mol. The Morgan fingerprint density at radius 1 is 1.21 bits per heavy atom. The topological polar surface area (TPSA) is 73.1 Å². The maximum Gasteiger partial charge on any atom is 0.417 e. The molecule has 1 saturated heterocycles. The first kappa shape index (κ1) is 22.7. The number of carbonyl (C=O) groups excluding carboxylic acids is 1. The summed E-state index contributed by atoms with van der Waals surface area (Å²) in [5, 5.41) is 8.28. The van der Waals surface area contributed by atoms with E-state index in [-0.39, 0.29) is 5.91 Å². The SMILES string of the molecule is Cc1cccc(C(=O)N2CCCC(Oc3ncc(C(F)(F)F)cc3F)C2C)c1-n1nccn1. The van der Waals surface area contributed by atoms with E-state index in [0.29, 0.717) is 42.9 Å². The van der Waals surface area contributed by atoms with Gasteiger partial charge in [-0.1, -0.05) is 12.1 Å². The van der Waals surface area contributed by atoms with Crippen LogP contribution in [0.15, 0.2) is 42.9 Å². The van der Waals surface area contributed by atoms with Crippen molar-refractivity contribution < 1.29 is 27.1 Å². The summed E-state index contributed by atoms with van der Waals surface area (Å²) in [7, 11) is 0. The van der Waals surface area contributed by atoms with E-state index in [4.69, 9.17) is 4.74 Å². The molecule has 3 heterocycles. The third kappa shape index (κ3) is 4.53. The number of amides is 1. The van der Waals surface area contributed by atoms with Crippen molar-refractivity contribution in [3.05, 3.63) is 65.4 Å². The summed E-state index contributed by atoms with van der Waals surface area (Å²) in [6, 6.07) is 5.17. The maximum absolute atomic E-state index is 14.3. The second-order valence-electron chi connectivity index (χ2n) is 7.84. The molecule has 7 nitrogen and oxygen atoms in total. The van der Waals surface area contributed by atoms with Gasteiger partial charge in [0, 0.05) is 12.7 Å². The van der Waals surface area contributed by atoms with Gasteiger partial charge in [0.05, 0.1) is 29.6 Å². The predicted octanol–water partition coefficient (Wildman–Crippen LogP) is 4.20. The summed E-state index contributed by atoms with van der Waals surface area (Å²) < 4.78 is 58.2. The standard InChI is InChI=1S/C22H21F4N5O2/c1-13-5-3-6-16(19(13)31-28-8-9-29-31)21(32)30-10-4-7-18(14(30)2)33-20-17(23)11-15(12-27-20)22(24,25)26/h3,5-6,8-9,11-12,14,18H,4,7,10H2,1-2H3. The quantitative estimate of drug-likeness (QED) is 0.543. The molecule has 33 heavy (non-hydrogen) atoms. The number of carbonyl (C=O) groups is 1. The monoisotopic (exact) mass is 463 g/mol. The van der Waals surface area contributed by atoms with E-state index >= 15 is 0 Å². The van der Waals surface area contributed by atoms with Crippen molar-refractivity contribution in [3.63, 3.8) is 0 Å². The number of ether oxygens (including phenoxy) is 1. The summed E-state index contributed by atoms with van der Waals surface area (Å²) in [5.41, 5.74) is 0.571. The highest BCUT2D eigenvalue weighted by Crippen LogP contribution is 2.32. The number of para-hydroxylation sites is 1. The molecule has 0 N–H and O–H groups in total. The Hall–Kier alpha value is -3.50. The Labute approximate surface area is 187 Å². The number of benzene rings is 1. The Morgan fingerprint density at radius 2 is 1.94 bits per heavy atom. The fraction of sp³-hybridized carbons (Fsp3) is 0.364. The molecule has 174 valence electrons. The minimum absolute atomic E-state index is 0.271. The number of aryl methyl sites for hydroxylation is 1. The van der Waals surface area contributed by atoms with Crippen LogP contribution in [0.5, 0.6) is 5.88 Å². The molecule has 1 amide bonds. The molecular formula is C22H21F4N5O2. The van der Waals surface area contributed by atoms with E-state index < -0.39 is 35.6 Å². The number of likely N-dealkylation sites (tertiary alicyclic amines) is 1. The van der Waals surface area contributed by atoms with Gasteiger partial charge in [-0.05, 0) is 44.4 Å². The fourth-order valence-electron chi connectivity index (χ4n) is 3.95. The van der Waals surface area contributed by atoms with Crippen molar-refractivity contribution in [2.45, 2.75) is 45.0 Å². The highest BCUT2D eigenvalue weighted by Gasteiger charge is 2.36. The molecule has 0 saturated carbocycles. The average molecular weight is 463 g/mol. The largest absolute Gasteiger partial charge is 0.470 e. The molecule has 1 aromatic carbocycles. The zero-order valence-corrected chi connectivity index (χ0v) is 17.9. The number of pyridine rings is 1. The molecule has 1 fully saturated rings. The van der Waals surface area contributed by atoms with Crippen LogP contribution in [0.4, 0.5) is 17.6 Å². The van der Waals surface area contributed by atoms with Crippen molar-refractivity contribution in [2.24, 2.45) is 0 Å². The smallest absolute Gasteiger partial charge is 0.417 e. The molecule has 0 spiro atoms. The lowest BCUT2D eigenvalue weighted by Crippen LogP contribution is -2.51. The van der Waals surface area contributed by atoms with Crippen molar-refractivity contribution in [3.8, 4) is 11.6 Å². The number of hydrogen-bond acceptors (Lipinski definition) is 5. The van der Waals surface area contributed by atoms with Crippen LogP contribution in [0, 0.1) is 12.7 Å². The van der Waals surface area contributed by atoms with E-state index in [2.05, 4.69) is 15.2 Å². The summed E-state index contributed by atoms with van der Waals surface area (Å²) in [6.07, 6.45) is -0.719.